The quantitative estimate of drug-likeness (QED) is 0.755. The van der Waals surface area contributed by atoms with Crippen LogP contribution in [0.4, 0.5) is 0 Å². The van der Waals surface area contributed by atoms with Crippen molar-refractivity contribution in [1.82, 2.24) is 5.32 Å². The maximum absolute atomic E-state index is 10.1. The van der Waals surface area contributed by atoms with E-state index in [1.807, 2.05) is 13.2 Å². The SMILES string of the molecule is CSCC(C)(O)CNC1CC2CCC1C2. The number of nitrogens with one attached hydrogen (secondary N) is 1. The molecule has 0 aromatic rings. The molecular weight excluding hydrogens is 206 g/mol. The Morgan fingerprint density at radius 2 is 2.20 bits per heavy atom. The van der Waals surface area contributed by atoms with Gasteiger partial charge >= 0.3 is 0 Å². The lowest BCUT2D eigenvalue weighted by Gasteiger charge is -2.29. The Hall–Kier alpha value is 0.270. The molecule has 88 valence electrons. The molecule has 4 unspecified atom stereocenters. The lowest BCUT2D eigenvalue weighted by atomic mass is 9.95. The van der Waals surface area contributed by atoms with E-state index in [4.69, 9.17) is 0 Å². The van der Waals surface area contributed by atoms with Crippen LogP contribution in [0, 0.1) is 11.8 Å². The first-order chi connectivity index (χ1) is 7.11. The monoisotopic (exact) mass is 229 g/mol. The zero-order valence-corrected chi connectivity index (χ0v) is 10.6. The van der Waals surface area contributed by atoms with Crippen molar-refractivity contribution in [1.29, 1.82) is 0 Å². The van der Waals surface area contributed by atoms with Gasteiger partial charge in [-0.25, -0.2) is 0 Å². The van der Waals surface area contributed by atoms with Crippen molar-refractivity contribution in [2.45, 2.75) is 44.2 Å². The smallest absolute Gasteiger partial charge is 0.0833 e. The van der Waals surface area contributed by atoms with Gasteiger partial charge in [-0.3, -0.25) is 0 Å². The normalized spacial score (nSPS) is 38.2. The van der Waals surface area contributed by atoms with Crippen LogP contribution in [0.3, 0.4) is 0 Å². The second-order valence-electron chi connectivity index (χ2n) is 5.59. The van der Waals surface area contributed by atoms with Crippen molar-refractivity contribution in [2.75, 3.05) is 18.6 Å². The zero-order chi connectivity index (χ0) is 10.9. The minimum atomic E-state index is -0.540. The fourth-order valence-electron chi connectivity index (χ4n) is 3.21. The number of rotatable bonds is 5. The van der Waals surface area contributed by atoms with Gasteiger partial charge in [0.05, 0.1) is 5.60 Å². The summed E-state index contributed by atoms with van der Waals surface area (Å²) < 4.78 is 0. The molecule has 2 rings (SSSR count). The number of fused-ring (bicyclic) bond motifs is 2. The lowest BCUT2D eigenvalue weighted by Crippen LogP contribution is -2.45. The molecule has 0 aromatic carbocycles. The molecule has 0 amide bonds. The molecule has 0 aliphatic heterocycles. The minimum Gasteiger partial charge on any atom is -0.388 e. The summed E-state index contributed by atoms with van der Waals surface area (Å²) in [4.78, 5) is 0. The Morgan fingerprint density at radius 1 is 1.40 bits per heavy atom. The Labute approximate surface area is 97.2 Å². The van der Waals surface area contributed by atoms with Gasteiger partial charge in [0.15, 0.2) is 0 Å². The molecular formula is C12H23NOS. The van der Waals surface area contributed by atoms with Crippen LogP contribution in [-0.4, -0.2) is 35.3 Å². The molecule has 15 heavy (non-hydrogen) atoms. The van der Waals surface area contributed by atoms with Crippen molar-refractivity contribution >= 4 is 11.8 Å². The van der Waals surface area contributed by atoms with Gasteiger partial charge in [-0.2, -0.15) is 11.8 Å². The Kier molecular flexibility index (Phi) is 3.63. The molecule has 0 spiro atoms. The standard InChI is InChI=1S/C12H23NOS/c1-12(14,8-15-2)7-13-11-6-9-3-4-10(11)5-9/h9-11,13-14H,3-8H2,1-2H3. The van der Waals surface area contributed by atoms with E-state index >= 15 is 0 Å². The maximum atomic E-state index is 10.1. The number of hydrogen-bond donors (Lipinski definition) is 2. The third-order valence-corrected chi connectivity index (χ3v) is 4.85. The number of hydrogen-bond acceptors (Lipinski definition) is 3. The highest BCUT2D eigenvalue weighted by Gasteiger charge is 2.39. The number of aliphatic hydroxyl groups is 1. The second-order valence-corrected chi connectivity index (χ2v) is 6.46. The summed E-state index contributed by atoms with van der Waals surface area (Å²) in [6.07, 6.45) is 7.69. The van der Waals surface area contributed by atoms with E-state index in [1.165, 1.54) is 25.7 Å². The van der Waals surface area contributed by atoms with Crippen molar-refractivity contribution < 1.29 is 5.11 Å². The lowest BCUT2D eigenvalue weighted by molar-refractivity contribution is 0.0785. The molecule has 4 atom stereocenters. The van der Waals surface area contributed by atoms with Gasteiger partial charge in [-0.1, -0.05) is 6.42 Å². The molecule has 2 fully saturated rings. The molecule has 2 aliphatic carbocycles. The minimum absolute atomic E-state index is 0.540. The summed E-state index contributed by atoms with van der Waals surface area (Å²) in [6, 6.07) is 0.692. The molecule has 2 aliphatic rings. The highest BCUT2D eigenvalue weighted by Crippen LogP contribution is 2.44. The summed E-state index contributed by atoms with van der Waals surface area (Å²) in [5.41, 5.74) is -0.540. The van der Waals surface area contributed by atoms with Gasteiger partial charge in [0, 0.05) is 18.3 Å². The number of thioether (sulfide) groups is 1. The van der Waals surface area contributed by atoms with Crippen molar-refractivity contribution in [2.24, 2.45) is 11.8 Å². The molecule has 2 nitrogen and oxygen atoms in total. The zero-order valence-electron chi connectivity index (χ0n) is 9.83. The predicted molar refractivity (Wildman–Crippen MR) is 66.2 cm³/mol. The second kappa shape index (κ2) is 4.64. The highest BCUT2D eigenvalue weighted by molar-refractivity contribution is 7.98. The van der Waals surface area contributed by atoms with Crippen LogP contribution in [0.15, 0.2) is 0 Å². The largest absolute Gasteiger partial charge is 0.388 e. The Morgan fingerprint density at radius 3 is 2.73 bits per heavy atom. The summed E-state index contributed by atoms with van der Waals surface area (Å²) in [7, 11) is 0. The molecule has 0 radical (unpaired) electrons. The van der Waals surface area contributed by atoms with Crippen LogP contribution in [0.2, 0.25) is 0 Å². The molecule has 0 aromatic heterocycles. The van der Waals surface area contributed by atoms with E-state index in [1.54, 1.807) is 11.8 Å². The van der Waals surface area contributed by atoms with Gasteiger partial charge in [-0.15, -0.1) is 0 Å². The van der Waals surface area contributed by atoms with E-state index in [9.17, 15) is 5.11 Å². The molecule has 2 bridgehead atoms. The van der Waals surface area contributed by atoms with E-state index in [0.717, 1.165) is 24.1 Å². The van der Waals surface area contributed by atoms with Gasteiger partial charge in [-0.05, 0) is 44.3 Å². The Balaban J connectivity index is 1.74. The first-order valence-corrected chi connectivity index (χ1v) is 7.45. The fourth-order valence-corrected chi connectivity index (χ4v) is 3.93. The first kappa shape index (κ1) is 11.7. The fraction of sp³-hybridized carbons (Fsp3) is 1.00. The third-order valence-electron chi connectivity index (χ3n) is 3.94. The van der Waals surface area contributed by atoms with E-state index in [2.05, 4.69) is 5.32 Å². The van der Waals surface area contributed by atoms with Crippen molar-refractivity contribution in [3.8, 4) is 0 Å². The summed E-state index contributed by atoms with van der Waals surface area (Å²) in [5, 5.41) is 13.6. The maximum Gasteiger partial charge on any atom is 0.0833 e. The Bertz CT molecular complexity index is 220. The van der Waals surface area contributed by atoms with Gasteiger partial charge in [0.1, 0.15) is 0 Å². The average molecular weight is 229 g/mol. The predicted octanol–water partition coefficient (Wildman–Crippen LogP) is 1.88. The van der Waals surface area contributed by atoms with Crippen molar-refractivity contribution in [3.05, 3.63) is 0 Å². The third kappa shape index (κ3) is 2.89. The van der Waals surface area contributed by atoms with Gasteiger partial charge in [0.25, 0.3) is 0 Å². The van der Waals surface area contributed by atoms with Gasteiger partial charge in [0.2, 0.25) is 0 Å². The summed E-state index contributed by atoms with van der Waals surface area (Å²) >= 11 is 1.72. The molecule has 0 heterocycles. The van der Waals surface area contributed by atoms with Crippen molar-refractivity contribution in [3.63, 3.8) is 0 Å². The van der Waals surface area contributed by atoms with E-state index < -0.39 is 5.60 Å². The first-order valence-electron chi connectivity index (χ1n) is 6.05. The van der Waals surface area contributed by atoms with E-state index in [0.29, 0.717) is 6.04 Å². The van der Waals surface area contributed by atoms with Crippen LogP contribution in [0.5, 0.6) is 0 Å². The van der Waals surface area contributed by atoms with Crippen LogP contribution >= 0.6 is 11.8 Å². The molecule has 3 heteroatoms. The van der Waals surface area contributed by atoms with Gasteiger partial charge < -0.3 is 10.4 Å². The van der Waals surface area contributed by atoms with Crippen LogP contribution in [-0.2, 0) is 0 Å². The average Bonchev–Trinajstić information content (AvgIpc) is 2.75. The highest BCUT2D eigenvalue weighted by atomic mass is 32.2. The topological polar surface area (TPSA) is 32.3 Å². The van der Waals surface area contributed by atoms with Crippen LogP contribution in [0.25, 0.3) is 0 Å². The molecule has 2 saturated carbocycles. The van der Waals surface area contributed by atoms with Crippen LogP contribution in [0.1, 0.15) is 32.6 Å². The summed E-state index contributed by atoms with van der Waals surface area (Å²) in [6.45, 7) is 2.69. The van der Waals surface area contributed by atoms with Crippen LogP contribution < -0.4 is 5.32 Å². The summed E-state index contributed by atoms with van der Waals surface area (Å²) in [5.74, 6) is 2.71. The molecule has 2 N–H and O–H groups in total. The van der Waals surface area contributed by atoms with E-state index in [-0.39, 0.29) is 0 Å². The molecule has 0 saturated heterocycles.